The maximum absolute atomic E-state index is 5.86. The predicted molar refractivity (Wildman–Crippen MR) is 42.2 cm³/mol. The summed E-state index contributed by atoms with van der Waals surface area (Å²) in [5.74, 6) is 0.414. The van der Waals surface area contributed by atoms with Crippen LogP contribution in [-0.2, 0) is 0 Å². The number of rotatable bonds is 1. The van der Waals surface area contributed by atoms with Gasteiger partial charge in [-0.1, -0.05) is 0 Å². The summed E-state index contributed by atoms with van der Waals surface area (Å²) < 4.78 is 0. The second kappa shape index (κ2) is 2.64. The van der Waals surface area contributed by atoms with Gasteiger partial charge in [0.2, 0.25) is 0 Å². The van der Waals surface area contributed by atoms with Crippen LogP contribution < -0.4 is 11.1 Å². The van der Waals surface area contributed by atoms with E-state index < -0.39 is 0 Å². The van der Waals surface area contributed by atoms with Crippen molar-refractivity contribution in [1.82, 2.24) is 15.3 Å². The van der Waals surface area contributed by atoms with Gasteiger partial charge in [0.05, 0.1) is 6.33 Å². The summed E-state index contributed by atoms with van der Waals surface area (Å²) >= 11 is 0. The van der Waals surface area contributed by atoms with E-state index in [9.17, 15) is 0 Å². The molecule has 0 radical (unpaired) electrons. The second-order valence-electron chi connectivity index (χ2n) is 2.94. The van der Waals surface area contributed by atoms with Crippen molar-refractivity contribution in [3.8, 4) is 0 Å². The Bertz CT molecular complexity index is 218. The Morgan fingerprint density at radius 2 is 2.45 bits per heavy atom. The lowest BCUT2D eigenvalue weighted by Gasteiger charge is -2.10. The zero-order valence-corrected chi connectivity index (χ0v) is 6.25. The van der Waals surface area contributed by atoms with E-state index in [4.69, 9.17) is 5.73 Å². The van der Waals surface area contributed by atoms with Crippen LogP contribution in [0.1, 0.15) is 11.6 Å². The minimum Gasteiger partial charge on any atom is -0.348 e. The van der Waals surface area contributed by atoms with Gasteiger partial charge in [0.1, 0.15) is 0 Å². The number of H-pyrrole nitrogens is 1. The van der Waals surface area contributed by atoms with Gasteiger partial charge in [0, 0.05) is 36.9 Å². The van der Waals surface area contributed by atoms with E-state index in [0.717, 1.165) is 18.8 Å². The highest BCUT2D eigenvalue weighted by Gasteiger charge is 2.25. The number of imidazole rings is 1. The van der Waals surface area contributed by atoms with E-state index in [1.165, 1.54) is 0 Å². The summed E-state index contributed by atoms with van der Waals surface area (Å²) in [6, 6.07) is 0.232. The zero-order chi connectivity index (χ0) is 7.68. The fraction of sp³-hybridized carbons (Fsp3) is 0.571. The van der Waals surface area contributed by atoms with E-state index in [2.05, 4.69) is 15.3 Å². The maximum Gasteiger partial charge on any atom is 0.0921 e. The standard InChI is InChI=1S/C7H12N4/c8-6-2-9-1-5(6)7-3-10-4-11-7/h3-6,9H,1-2,8H2,(H,10,11). The Morgan fingerprint density at radius 3 is 3.00 bits per heavy atom. The number of nitrogens with zero attached hydrogens (tertiary/aromatic N) is 1. The molecule has 2 rings (SSSR count). The number of hydrogen-bond acceptors (Lipinski definition) is 3. The normalized spacial score (nSPS) is 31.0. The number of hydrogen-bond donors (Lipinski definition) is 3. The molecule has 1 aliphatic heterocycles. The van der Waals surface area contributed by atoms with Crippen molar-refractivity contribution in [2.75, 3.05) is 13.1 Å². The third kappa shape index (κ3) is 1.15. The molecule has 0 bridgehead atoms. The highest BCUT2D eigenvalue weighted by molar-refractivity contribution is 5.11. The summed E-state index contributed by atoms with van der Waals surface area (Å²) in [6.45, 7) is 1.87. The first-order valence-electron chi connectivity index (χ1n) is 3.82. The molecule has 1 aromatic rings. The van der Waals surface area contributed by atoms with Crippen molar-refractivity contribution in [3.05, 3.63) is 18.2 Å². The Balaban J connectivity index is 2.16. The molecular formula is C7H12N4. The molecule has 0 saturated carbocycles. The van der Waals surface area contributed by atoms with Crippen LogP contribution in [0.3, 0.4) is 0 Å². The van der Waals surface area contributed by atoms with Crippen LogP contribution >= 0.6 is 0 Å². The topological polar surface area (TPSA) is 66.7 Å². The lowest BCUT2D eigenvalue weighted by Crippen LogP contribution is -2.27. The SMILES string of the molecule is NC1CNCC1c1cnc[nH]1. The predicted octanol–water partition coefficient (Wildman–Crippen LogP) is -0.576. The first-order valence-corrected chi connectivity index (χ1v) is 3.82. The van der Waals surface area contributed by atoms with E-state index in [0.29, 0.717) is 5.92 Å². The quantitative estimate of drug-likeness (QED) is 0.504. The molecule has 1 saturated heterocycles. The molecule has 0 aliphatic carbocycles. The van der Waals surface area contributed by atoms with Crippen molar-refractivity contribution in [3.63, 3.8) is 0 Å². The number of aromatic nitrogens is 2. The largest absolute Gasteiger partial charge is 0.348 e. The average molecular weight is 152 g/mol. The molecule has 1 fully saturated rings. The molecule has 2 unspecified atom stereocenters. The molecule has 4 nitrogen and oxygen atoms in total. The minimum absolute atomic E-state index is 0.232. The highest BCUT2D eigenvalue weighted by atomic mass is 15.0. The van der Waals surface area contributed by atoms with E-state index >= 15 is 0 Å². The Kier molecular flexibility index (Phi) is 1.63. The van der Waals surface area contributed by atoms with Crippen LogP contribution in [0, 0.1) is 0 Å². The molecule has 0 aromatic carbocycles. The molecule has 1 aliphatic rings. The van der Waals surface area contributed by atoms with Crippen LogP contribution in [-0.4, -0.2) is 29.1 Å². The molecule has 4 heteroatoms. The van der Waals surface area contributed by atoms with E-state index in [-0.39, 0.29) is 6.04 Å². The van der Waals surface area contributed by atoms with Gasteiger partial charge in [-0.2, -0.15) is 0 Å². The molecule has 0 amide bonds. The third-order valence-electron chi connectivity index (χ3n) is 2.18. The molecule has 11 heavy (non-hydrogen) atoms. The van der Waals surface area contributed by atoms with Crippen LogP contribution in [0.4, 0.5) is 0 Å². The number of nitrogens with one attached hydrogen (secondary N) is 2. The van der Waals surface area contributed by atoms with Crippen LogP contribution in [0.15, 0.2) is 12.5 Å². The van der Waals surface area contributed by atoms with Gasteiger partial charge in [0.25, 0.3) is 0 Å². The number of aromatic amines is 1. The van der Waals surface area contributed by atoms with Crippen molar-refractivity contribution in [2.45, 2.75) is 12.0 Å². The van der Waals surface area contributed by atoms with Crippen molar-refractivity contribution in [2.24, 2.45) is 5.73 Å². The summed E-state index contributed by atoms with van der Waals surface area (Å²) in [7, 11) is 0. The van der Waals surface area contributed by atoms with Gasteiger partial charge in [-0.15, -0.1) is 0 Å². The summed E-state index contributed by atoms with van der Waals surface area (Å²) in [5.41, 5.74) is 7.00. The average Bonchev–Trinajstić information content (AvgIpc) is 2.55. The van der Waals surface area contributed by atoms with Crippen molar-refractivity contribution < 1.29 is 0 Å². The van der Waals surface area contributed by atoms with Crippen LogP contribution in [0.2, 0.25) is 0 Å². The fourth-order valence-electron chi connectivity index (χ4n) is 1.51. The van der Waals surface area contributed by atoms with Gasteiger partial charge >= 0.3 is 0 Å². The van der Waals surface area contributed by atoms with Crippen LogP contribution in [0.5, 0.6) is 0 Å². The van der Waals surface area contributed by atoms with Gasteiger partial charge in [-0.25, -0.2) is 4.98 Å². The van der Waals surface area contributed by atoms with E-state index in [1.54, 1.807) is 6.33 Å². The Hall–Kier alpha value is -0.870. The lowest BCUT2D eigenvalue weighted by atomic mass is 10.0. The van der Waals surface area contributed by atoms with E-state index in [1.807, 2.05) is 6.20 Å². The fourth-order valence-corrected chi connectivity index (χ4v) is 1.51. The van der Waals surface area contributed by atoms with Crippen LogP contribution in [0.25, 0.3) is 0 Å². The van der Waals surface area contributed by atoms with Gasteiger partial charge in [-0.05, 0) is 0 Å². The second-order valence-corrected chi connectivity index (χ2v) is 2.94. The smallest absolute Gasteiger partial charge is 0.0921 e. The summed E-state index contributed by atoms with van der Waals surface area (Å²) in [5, 5.41) is 3.24. The minimum atomic E-state index is 0.232. The molecule has 1 aromatic heterocycles. The van der Waals surface area contributed by atoms with Gasteiger partial charge < -0.3 is 16.0 Å². The van der Waals surface area contributed by atoms with Gasteiger partial charge in [0.15, 0.2) is 0 Å². The first kappa shape index (κ1) is 6.82. The maximum atomic E-state index is 5.86. The third-order valence-corrected chi connectivity index (χ3v) is 2.18. The van der Waals surface area contributed by atoms with Crippen molar-refractivity contribution >= 4 is 0 Å². The first-order chi connectivity index (χ1) is 5.38. The molecule has 2 heterocycles. The highest BCUT2D eigenvalue weighted by Crippen LogP contribution is 2.18. The molecule has 0 spiro atoms. The summed E-state index contributed by atoms with van der Waals surface area (Å²) in [4.78, 5) is 7.04. The van der Waals surface area contributed by atoms with Crippen molar-refractivity contribution in [1.29, 1.82) is 0 Å². The molecule has 2 atom stereocenters. The Morgan fingerprint density at radius 1 is 1.55 bits per heavy atom. The lowest BCUT2D eigenvalue weighted by molar-refractivity contribution is 0.640. The van der Waals surface area contributed by atoms with Gasteiger partial charge in [-0.3, -0.25) is 0 Å². The Labute approximate surface area is 65.2 Å². The number of nitrogens with two attached hydrogens (primary N) is 1. The molecule has 4 N–H and O–H groups in total. The monoisotopic (exact) mass is 152 g/mol. The molecular weight excluding hydrogens is 140 g/mol. The summed E-state index contributed by atoms with van der Waals surface area (Å²) in [6.07, 6.45) is 3.54. The zero-order valence-electron chi connectivity index (χ0n) is 6.25. The molecule has 60 valence electrons.